The number of piperazine rings is 1. The number of aromatic amines is 1. The van der Waals surface area contributed by atoms with Gasteiger partial charge < -0.3 is 9.88 Å². The minimum atomic E-state index is -4.37. The van der Waals surface area contributed by atoms with Crippen LogP contribution in [-0.2, 0) is 10.0 Å². The number of H-pyrrole nitrogens is 1. The van der Waals surface area contributed by atoms with Gasteiger partial charge in [-0.25, -0.2) is 17.7 Å². The fourth-order valence-corrected chi connectivity index (χ4v) is 6.49. The summed E-state index contributed by atoms with van der Waals surface area (Å²) in [6, 6.07) is 3.91. The third kappa shape index (κ3) is 4.38. The fraction of sp³-hybridized carbons (Fsp3) is 0.524. The van der Waals surface area contributed by atoms with Crippen molar-refractivity contribution in [1.29, 1.82) is 0 Å². The zero-order valence-electron chi connectivity index (χ0n) is 17.9. The summed E-state index contributed by atoms with van der Waals surface area (Å²) in [4.78, 5) is 15.9. The van der Waals surface area contributed by atoms with Gasteiger partial charge in [-0.1, -0.05) is 0 Å². The van der Waals surface area contributed by atoms with Crippen molar-refractivity contribution in [3.05, 3.63) is 30.7 Å². The highest BCUT2D eigenvalue weighted by atomic mass is 32.2. The lowest BCUT2D eigenvalue weighted by atomic mass is 9.99. The van der Waals surface area contributed by atoms with Crippen molar-refractivity contribution in [2.75, 3.05) is 50.0 Å². The molecule has 3 aromatic heterocycles. The minimum Gasteiger partial charge on any atom is -0.368 e. The Morgan fingerprint density at radius 3 is 2.64 bits per heavy atom. The van der Waals surface area contributed by atoms with Crippen molar-refractivity contribution >= 4 is 37.6 Å². The first kappa shape index (κ1) is 22.4. The van der Waals surface area contributed by atoms with Crippen LogP contribution in [0.3, 0.4) is 0 Å². The Morgan fingerprint density at radius 1 is 1.09 bits per heavy atom. The van der Waals surface area contributed by atoms with E-state index < -0.39 is 28.7 Å². The maximum Gasteiger partial charge on any atom is 0.393 e. The second-order valence-electron chi connectivity index (χ2n) is 8.67. The van der Waals surface area contributed by atoms with Gasteiger partial charge in [0.05, 0.1) is 17.6 Å². The van der Waals surface area contributed by atoms with Crippen LogP contribution in [0, 0.1) is 5.92 Å². The molecule has 8 nitrogen and oxygen atoms in total. The molecule has 0 aliphatic carbocycles. The van der Waals surface area contributed by atoms with Crippen molar-refractivity contribution in [2.24, 2.45) is 5.92 Å². The Morgan fingerprint density at radius 2 is 1.88 bits per heavy atom. The first-order valence-corrected chi connectivity index (χ1v) is 12.6. The average Bonchev–Trinajstić information content (AvgIpc) is 3.28. The van der Waals surface area contributed by atoms with Gasteiger partial charge in [0.15, 0.2) is 0 Å². The number of anilines is 1. The zero-order chi connectivity index (χ0) is 23.2. The largest absolute Gasteiger partial charge is 0.393 e. The van der Waals surface area contributed by atoms with E-state index in [1.54, 1.807) is 17.3 Å². The van der Waals surface area contributed by atoms with Gasteiger partial charge in [-0.2, -0.15) is 13.2 Å². The summed E-state index contributed by atoms with van der Waals surface area (Å²) in [6.45, 7) is 1.89. The number of hydrogen-bond donors (Lipinski definition) is 1. The number of piperidine rings is 1. The van der Waals surface area contributed by atoms with Crippen molar-refractivity contribution in [2.45, 2.75) is 19.0 Å². The summed E-state index contributed by atoms with van der Waals surface area (Å²) >= 11 is 0. The third-order valence-electron chi connectivity index (χ3n) is 6.57. The maximum atomic E-state index is 13.1. The number of hydrogen-bond acceptors (Lipinski definition) is 6. The number of aromatic nitrogens is 3. The Bertz CT molecular complexity index is 1250. The number of pyridine rings is 2. The molecule has 0 bridgehead atoms. The Balaban J connectivity index is 1.28. The molecule has 1 atom stereocenters. The van der Waals surface area contributed by atoms with Gasteiger partial charge in [-0.15, -0.1) is 0 Å². The van der Waals surface area contributed by atoms with Gasteiger partial charge >= 0.3 is 6.18 Å². The van der Waals surface area contributed by atoms with Crippen LogP contribution in [-0.4, -0.2) is 83.9 Å². The molecular formula is C21H25F3N6O2S. The summed E-state index contributed by atoms with van der Waals surface area (Å²) in [5.74, 6) is -1.84. The molecule has 0 spiro atoms. The highest BCUT2D eigenvalue weighted by Crippen LogP contribution is 2.34. The molecule has 2 saturated heterocycles. The smallest absolute Gasteiger partial charge is 0.368 e. The number of nitrogens with zero attached hydrogens (tertiary/aromatic N) is 5. The van der Waals surface area contributed by atoms with Gasteiger partial charge in [-0.3, -0.25) is 9.88 Å². The molecule has 0 saturated carbocycles. The molecule has 3 aromatic rings. The number of sulfonamides is 1. The molecule has 5 rings (SSSR count). The van der Waals surface area contributed by atoms with E-state index in [4.69, 9.17) is 0 Å². The van der Waals surface area contributed by atoms with Gasteiger partial charge in [0.25, 0.3) is 0 Å². The molecule has 0 radical (unpaired) electrons. The Kier molecular flexibility index (Phi) is 5.69. The van der Waals surface area contributed by atoms with E-state index in [-0.39, 0.29) is 25.3 Å². The van der Waals surface area contributed by atoms with E-state index in [2.05, 4.69) is 19.9 Å². The molecule has 2 aliphatic rings. The predicted molar refractivity (Wildman–Crippen MR) is 119 cm³/mol. The second-order valence-corrected chi connectivity index (χ2v) is 10.6. The molecule has 0 aromatic carbocycles. The Labute approximate surface area is 189 Å². The van der Waals surface area contributed by atoms with Crippen LogP contribution in [0.5, 0.6) is 0 Å². The van der Waals surface area contributed by atoms with Crippen LogP contribution in [0.2, 0.25) is 0 Å². The van der Waals surface area contributed by atoms with Crippen LogP contribution in [0.25, 0.3) is 21.9 Å². The van der Waals surface area contributed by atoms with Gasteiger partial charge in [0.2, 0.25) is 10.0 Å². The molecular weight excluding hydrogens is 457 g/mol. The topological polar surface area (TPSA) is 85.4 Å². The summed E-state index contributed by atoms with van der Waals surface area (Å²) in [5, 5.41) is 1.97. The van der Waals surface area contributed by atoms with E-state index in [9.17, 15) is 21.6 Å². The molecule has 0 amide bonds. The summed E-state index contributed by atoms with van der Waals surface area (Å²) < 4.78 is 66.0. The number of alkyl halides is 3. The number of nitrogens with one attached hydrogen (secondary N) is 1. The lowest BCUT2D eigenvalue weighted by Gasteiger charge is -2.38. The lowest BCUT2D eigenvalue weighted by Crippen LogP contribution is -2.52. The van der Waals surface area contributed by atoms with Crippen LogP contribution >= 0.6 is 0 Å². The molecule has 33 heavy (non-hydrogen) atoms. The SMILES string of the molecule is O=S(=O)(CN1CCN(c2ccnc3cnc4[nH]ccc4c23)CC1)N1CCCC(C(F)(F)F)C1. The second kappa shape index (κ2) is 8.41. The quantitative estimate of drug-likeness (QED) is 0.616. The van der Waals surface area contributed by atoms with Crippen molar-refractivity contribution in [3.63, 3.8) is 0 Å². The zero-order valence-corrected chi connectivity index (χ0v) is 18.7. The molecule has 2 aliphatic heterocycles. The molecule has 1 N–H and O–H groups in total. The predicted octanol–water partition coefficient (Wildman–Crippen LogP) is 2.79. The first-order valence-electron chi connectivity index (χ1n) is 10.9. The first-order chi connectivity index (χ1) is 15.7. The van der Waals surface area contributed by atoms with Gasteiger partial charge in [0, 0.05) is 68.1 Å². The number of halogens is 3. The standard InChI is InChI=1S/C21H25F3N6O2S/c22-21(23,24)15-2-1-7-30(13-15)33(31,32)14-28-8-10-29(11-9-28)18-4-6-25-17-12-27-20-16(19(17)18)3-5-26-20/h3-6,12,15H,1-2,7-11,13-14H2,(H,26,27). The molecule has 178 valence electrons. The maximum absolute atomic E-state index is 13.1. The molecule has 12 heteroatoms. The fourth-order valence-electron chi connectivity index (χ4n) is 4.79. The third-order valence-corrected chi connectivity index (χ3v) is 8.38. The van der Waals surface area contributed by atoms with E-state index in [1.807, 2.05) is 18.3 Å². The average molecular weight is 483 g/mol. The molecule has 1 unspecified atom stereocenters. The van der Waals surface area contributed by atoms with Crippen molar-refractivity contribution < 1.29 is 21.6 Å². The lowest BCUT2D eigenvalue weighted by molar-refractivity contribution is -0.182. The van der Waals surface area contributed by atoms with Crippen LogP contribution < -0.4 is 4.90 Å². The van der Waals surface area contributed by atoms with Crippen molar-refractivity contribution in [3.8, 4) is 0 Å². The van der Waals surface area contributed by atoms with E-state index in [0.29, 0.717) is 26.2 Å². The van der Waals surface area contributed by atoms with Crippen molar-refractivity contribution in [1.82, 2.24) is 24.2 Å². The monoisotopic (exact) mass is 482 g/mol. The van der Waals surface area contributed by atoms with Gasteiger partial charge in [0.1, 0.15) is 11.5 Å². The molecule has 2 fully saturated rings. The highest BCUT2D eigenvalue weighted by Gasteiger charge is 2.44. The highest BCUT2D eigenvalue weighted by molar-refractivity contribution is 7.89. The number of fused-ring (bicyclic) bond motifs is 3. The molecule has 5 heterocycles. The minimum absolute atomic E-state index is 0.0159. The van der Waals surface area contributed by atoms with Gasteiger partial charge in [-0.05, 0) is 25.0 Å². The van der Waals surface area contributed by atoms with E-state index in [0.717, 1.165) is 31.9 Å². The Hall–Kier alpha value is -2.44. The number of rotatable bonds is 4. The normalized spacial score (nSPS) is 21.8. The van der Waals surface area contributed by atoms with Crippen LogP contribution in [0.1, 0.15) is 12.8 Å². The van der Waals surface area contributed by atoms with Crippen LogP contribution in [0.4, 0.5) is 18.9 Å². The van der Waals surface area contributed by atoms with E-state index in [1.165, 1.54) is 0 Å². The summed E-state index contributed by atoms with van der Waals surface area (Å²) in [6.07, 6.45) is 1.15. The summed E-state index contributed by atoms with van der Waals surface area (Å²) in [7, 11) is -3.80. The summed E-state index contributed by atoms with van der Waals surface area (Å²) in [5.41, 5.74) is 2.58. The van der Waals surface area contributed by atoms with E-state index >= 15 is 0 Å². The van der Waals surface area contributed by atoms with Crippen LogP contribution in [0.15, 0.2) is 30.7 Å².